The molecule has 1 aliphatic rings. The fraction of sp³-hybridized carbons (Fsp3) is 0.143. The summed E-state index contributed by atoms with van der Waals surface area (Å²) in [5, 5.41) is 5.66. The quantitative estimate of drug-likeness (QED) is 0.634. The molecule has 0 saturated carbocycles. The summed E-state index contributed by atoms with van der Waals surface area (Å²) in [6.07, 6.45) is -0.895. The first-order valence-electron chi connectivity index (χ1n) is 6.68. The third kappa shape index (κ3) is 3.28. The molecule has 3 N–H and O–H groups in total. The van der Waals surface area contributed by atoms with E-state index in [2.05, 4.69) is 21.0 Å². The van der Waals surface area contributed by atoms with Crippen molar-refractivity contribution in [2.24, 2.45) is 0 Å². The van der Waals surface area contributed by atoms with Gasteiger partial charge < -0.3 is 9.47 Å². The van der Waals surface area contributed by atoms with E-state index in [0.717, 1.165) is 6.07 Å². The van der Waals surface area contributed by atoms with Crippen molar-refractivity contribution >= 4 is 11.8 Å². The topological polar surface area (TPSA) is 122 Å². The van der Waals surface area contributed by atoms with E-state index >= 15 is 0 Å². The molecular weight excluding hydrogens is 304 g/mol. The Kier molecular flexibility index (Phi) is 3.91. The molecule has 0 bridgehead atoms. The second-order valence-electron chi connectivity index (χ2n) is 4.61. The van der Waals surface area contributed by atoms with Crippen molar-refractivity contribution in [2.75, 3.05) is 6.61 Å². The molecule has 1 aromatic heterocycles. The van der Waals surface area contributed by atoms with Crippen molar-refractivity contribution in [3.05, 3.63) is 52.4 Å². The van der Waals surface area contributed by atoms with Crippen LogP contribution in [0.25, 0.3) is 0 Å². The van der Waals surface area contributed by atoms with Crippen LogP contribution in [0.15, 0.2) is 41.2 Å². The van der Waals surface area contributed by atoms with Gasteiger partial charge in [-0.25, -0.2) is 5.10 Å². The second-order valence-corrected chi connectivity index (χ2v) is 4.61. The molecule has 1 unspecified atom stereocenters. The molecule has 0 radical (unpaired) electrons. The zero-order chi connectivity index (χ0) is 16.2. The van der Waals surface area contributed by atoms with Gasteiger partial charge in [-0.1, -0.05) is 12.1 Å². The molecule has 1 atom stereocenters. The van der Waals surface area contributed by atoms with Gasteiger partial charge in [-0.15, -0.1) is 0 Å². The normalized spacial score (nSPS) is 15.6. The first-order chi connectivity index (χ1) is 11.1. The Morgan fingerprint density at radius 2 is 1.91 bits per heavy atom. The van der Waals surface area contributed by atoms with Gasteiger partial charge in [-0.2, -0.15) is 5.10 Å². The summed E-state index contributed by atoms with van der Waals surface area (Å²) in [5.41, 5.74) is 3.92. The van der Waals surface area contributed by atoms with Crippen LogP contribution in [0.3, 0.4) is 0 Å². The third-order valence-corrected chi connectivity index (χ3v) is 3.01. The number of amides is 2. The summed E-state index contributed by atoms with van der Waals surface area (Å²) in [5.74, 6) is -0.241. The Hall–Kier alpha value is -3.36. The lowest BCUT2D eigenvalue weighted by Crippen LogP contribution is -2.51. The van der Waals surface area contributed by atoms with Crippen LogP contribution in [0.1, 0.15) is 10.5 Å². The summed E-state index contributed by atoms with van der Waals surface area (Å²) in [6, 6.07) is 9.34. The van der Waals surface area contributed by atoms with Crippen molar-refractivity contribution in [1.82, 2.24) is 21.0 Å². The maximum atomic E-state index is 12.0. The molecular formula is C14H12N4O5. The molecule has 9 heteroatoms. The van der Waals surface area contributed by atoms with Crippen LogP contribution in [-0.2, 0) is 4.79 Å². The number of H-pyrrole nitrogens is 1. The van der Waals surface area contributed by atoms with Crippen molar-refractivity contribution in [1.29, 1.82) is 0 Å². The molecule has 0 aliphatic carbocycles. The number of carbonyl (C=O) groups excluding carboxylic acids is 2. The van der Waals surface area contributed by atoms with Gasteiger partial charge in [0, 0.05) is 6.07 Å². The molecule has 1 aliphatic heterocycles. The van der Waals surface area contributed by atoms with Crippen LogP contribution < -0.4 is 25.9 Å². The minimum atomic E-state index is -0.895. The van der Waals surface area contributed by atoms with Crippen LogP contribution in [-0.4, -0.2) is 34.7 Å². The van der Waals surface area contributed by atoms with E-state index < -0.39 is 23.5 Å². The van der Waals surface area contributed by atoms with Crippen LogP contribution in [0.2, 0.25) is 0 Å². The fourth-order valence-electron chi connectivity index (χ4n) is 1.88. The summed E-state index contributed by atoms with van der Waals surface area (Å²) in [4.78, 5) is 34.6. The number of aromatic nitrogens is 2. The highest BCUT2D eigenvalue weighted by atomic mass is 16.6. The average molecular weight is 316 g/mol. The molecule has 9 nitrogen and oxygen atoms in total. The lowest BCUT2D eigenvalue weighted by molar-refractivity contribution is -0.131. The molecule has 2 amide bonds. The summed E-state index contributed by atoms with van der Waals surface area (Å²) >= 11 is 0. The molecule has 1 aromatic carbocycles. The zero-order valence-electron chi connectivity index (χ0n) is 11.7. The van der Waals surface area contributed by atoms with Gasteiger partial charge in [0.05, 0.1) is 0 Å². The zero-order valence-corrected chi connectivity index (χ0v) is 11.7. The number of rotatable bonds is 2. The fourth-order valence-corrected chi connectivity index (χ4v) is 1.88. The van der Waals surface area contributed by atoms with Gasteiger partial charge >= 0.3 is 0 Å². The Balaban J connectivity index is 1.57. The predicted molar refractivity (Wildman–Crippen MR) is 76.8 cm³/mol. The van der Waals surface area contributed by atoms with Gasteiger partial charge in [0.25, 0.3) is 17.4 Å². The largest absolute Gasteiger partial charge is 0.485 e. The third-order valence-electron chi connectivity index (χ3n) is 3.01. The van der Waals surface area contributed by atoms with Gasteiger partial charge in [0.1, 0.15) is 6.61 Å². The van der Waals surface area contributed by atoms with E-state index in [9.17, 15) is 14.4 Å². The number of hydrazine groups is 1. The number of aromatic amines is 1. The van der Waals surface area contributed by atoms with Crippen molar-refractivity contribution in [3.8, 4) is 11.5 Å². The number of hydrogen-bond acceptors (Lipinski definition) is 6. The Bertz CT molecular complexity index is 783. The lowest BCUT2D eigenvalue weighted by Gasteiger charge is -2.25. The first kappa shape index (κ1) is 14.6. The summed E-state index contributed by atoms with van der Waals surface area (Å²) < 4.78 is 10.9. The van der Waals surface area contributed by atoms with E-state index in [4.69, 9.17) is 9.47 Å². The van der Waals surface area contributed by atoms with Crippen molar-refractivity contribution < 1.29 is 19.1 Å². The lowest BCUT2D eigenvalue weighted by atomic mass is 10.2. The summed E-state index contributed by atoms with van der Waals surface area (Å²) in [6.45, 7) is 0.0234. The minimum Gasteiger partial charge on any atom is -0.485 e. The number of fused-ring (bicyclic) bond motifs is 1. The molecule has 2 heterocycles. The van der Waals surface area contributed by atoms with E-state index in [1.54, 1.807) is 24.3 Å². The van der Waals surface area contributed by atoms with Crippen LogP contribution >= 0.6 is 0 Å². The SMILES string of the molecule is O=C(NNC(=O)C1COc2ccccc2O1)c1ccc(=O)[nH]n1. The highest BCUT2D eigenvalue weighted by Crippen LogP contribution is 2.30. The van der Waals surface area contributed by atoms with Gasteiger partial charge in [0.2, 0.25) is 6.10 Å². The van der Waals surface area contributed by atoms with E-state index in [1.807, 2.05) is 0 Å². The van der Waals surface area contributed by atoms with Crippen LogP contribution in [0.5, 0.6) is 11.5 Å². The highest BCUT2D eigenvalue weighted by molar-refractivity contribution is 5.94. The van der Waals surface area contributed by atoms with Crippen LogP contribution in [0, 0.1) is 0 Å². The highest BCUT2D eigenvalue weighted by Gasteiger charge is 2.27. The number of para-hydroxylation sites is 2. The maximum Gasteiger partial charge on any atom is 0.290 e. The minimum absolute atomic E-state index is 0.0234. The van der Waals surface area contributed by atoms with Gasteiger partial charge in [0.15, 0.2) is 17.2 Å². The summed E-state index contributed by atoms with van der Waals surface area (Å²) in [7, 11) is 0. The Morgan fingerprint density at radius 1 is 1.13 bits per heavy atom. The molecule has 0 fully saturated rings. The van der Waals surface area contributed by atoms with Crippen molar-refractivity contribution in [3.63, 3.8) is 0 Å². The molecule has 118 valence electrons. The monoisotopic (exact) mass is 316 g/mol. The maximum absolute atomic E-state index is 12.0. The van der Waals surface area contributed by atoms with E-state index in [1.165, 1.54) is 6.07 Å². The molecule has 0 spiro atoms. The molecule has 2 aromatic rings. The number of hydrogen-bond donors (Lipinski definition) is 3. The molecule has 0 saturated heterocycles. The Labute approximate surface area is 129 Å². The number of carbonyl (C=O) groups is 2. The first-order valence-corrected chi connectivity index (χ1v) is 6.68. The van der Waals surface area contributed by atoms with Gasteiger partial charge in [-0.05, 0) is 18.2 Å². The number of benzene rings is 1. The standard InChI is InChI=1S/C14H12N4O5/c19-12-6-5-8(15-16-12)13(20)17-18-14(21)11-7-22-9-3-1-2-4-10(9)23-11/h1-6,11H,7H2,(H,16,19)(H,17,20)(H,18,21). The molecule has 3 rings (SSSR count). The number of nitrogens with zero attached hydrogens (tertiary/aromatic N) is 1. The van der Waals surface area contributed by atoms with Crippen molar-refractivity contribution in [2.45, 2.75) is 6.10 Å². The van der Waals surface area contributed by atoms with Gasteiger partial charge in [-0.3, -0.25) is 25.2 Å². The van der Waals surface area contributed by atoms with E-state index in [-0.39, 0.29) is 12.3 Å². The number of ether oxygens (including phenoxy) is 2. The van der Waals surface area contributed by atoms with Crippen LogP contribution in [0.4, 0.5) is 0 Å². The Morgan fingerprint density at radius 3 is 2.65 bits per heavy atom. The number of nitrogens with one attached hydrogen (secondary N) is 3. The van der Waals surface area contributed by atoms with E-state index in [0.29, 0.717) is 11.5 Å². The molecule has 23 heavy (non-hydrogen) atoms. The smallest absolute Gasteiger partial charge is 0.290 e. The second kappa shape index (κ2) is 6.18. The average Bonchev–Trinajstić information content (AvgIpc) is 2.59. The predicted octanol–water partition coefficient (Wildman–Crippen LogP) is -0.629.